The molecule has 0 aliphatic carbocycles. The van der Waals surface area contributed by atoms with Gasteiger partial charge in [0.05, 0.1) is 23.0 Å². The van der Waals surface area contributed by atoms with Crippen LogP contribution in [-0.2, 0) is 11.3 Å². The summed E-state index contributed by atoms with van der Waals surface area (Å²) in [5.74, 6) is -0.414. The van der Waals surface area contributed by atoms with E-state index in [0.29, 0.717) is 22.2 Å². The predicted octanol–water partition coefficient (Wildman–Crippen LogP) is 5.51. The minimum atomic E-state index is -0.482. The monoisotopic (exact) mass is 440 g/mol. The molecule has 0 heterocycles. The topological polar surface area (TPSA) is 49.4 Å². The summed E-state index contributed by atoms with van der Waals surface area (Å²) in [6.45, 7) is 0.430. The fourth-order valence-electron chi connectivity index (χ4n) is 3.15. The zero-order valence-electron chi connectivity index (χ0n) is 16.5. The van der Waals surface area contributed by atoms with Crippen LogP contribution in [0.1, 0.15) is 33.9 Å². The van der Waals surface area contributed by atoms with Crippen LogP contribution in [-0.4, -0.2) is 23.8 Å². The van der Waals surface area contributed by atoms with E-state index in [1.54, 1.807) is 42.3 Å². The van der Waals surface area contributed by atoms with Gasteiger partial charge in [0.25, 0.3) is 5.91 Å². The van der Waals surface area contributed by atoms with Gasteiger partial charge in [0.2, 0.25) is 5.91 Å². The van der Waals surface area contributed by atoms with Crippen molar-refractivity contribution in [2.24, 2.45) is 0 Å². The number of hydrogen-bond donors (Lipinski definition) is 1. The molecule has 0 spiro atoms. The number of benzene rings is 3. The predicted molar refractivity (Wildman–Crippen MR) is 121 cm³/mol. The average molecular weight is 441 g/mol. The highest BCUT2D eigenvalue weighted by atomic mass is 35.5. The van der Waals surface area contributed by atoms with Crippen molar-refractivity contribution < 1.29 is 9.59 Å². The molecule has 4 nitrogen and oxygen atoms in total. The molecule has 0 saturated heterocycles. The standard InChI is InChI=1S/C24H22Cl2N2O2/c1-28(16-17-8-7-11-19(25)14-17)23(29)15-22(18-9-3-2-4-10-18)27-24(30)20-12-5-6-13-21(20)26/h2-14,22H,15-16H2,1H3,(H,27,30). The minimum absolute atomic E-state index is 0.0942. The zero-order valence-corrected chi connectivity index (χ0v) is 18.0. The molecule has 30 heavy (non-hydrogen) atoms. The number of nitrogens with zero attached hydrogens (tertiary/aromatic N) is 1. The van der Waals surface area contributed by atoms with Gasteiger partial charge in [0, 0.05) is 18.6 Å². The first-order valence-electron chi connectivity index (χ1n) is 9.53. The van der Waals surface area contributed by atoms with Crippen LogP contribution in [0.2, 0.25) is 10.0 Å². The van der Waals surface area contributed by atoms with Crippen molar-refractivity contribution in [3.63, 3.8) is 0 Å². The molecule has 3 aromatic rings. The molecule has 2 amide bonds. The van der Waals surface area contributed by atoms with Crippen LogP contribution < -0.4 is 5.32 Å². The van der Waals surface area contributed by atoms with Crippen molar-refractivity contribution >= 4 is 35.0 Å². The Kier molecular flexibility index (Phi) is 7.50. The van der Waals surface area contributed by atoms with E-state index in [0.717, 1.165) is 11.1 Å². The maximum Gasteiger partial charge on any atom is 0.253 e. The van der Waals surface area contributed by atoms with Crippen molar-refractivity contribution in [3.05, 3.63) is 106 Å². The lowest BCUT2D eigenvalue weighted by Crippen LogP contribution is -2.34. The van der Waals surface area contributed by atoms with Gasteiger partial charge in [-0.15, -0.1) is 0 Å². The highest BCUT2D eigenvalue weighted by molar-refractivity contribution is 6.33. The third-order valence-corrected chi connectivity index (χ3v) is 5.30. The summed E-state index contributed by atoms with van der Waals surface area (Å²) >= 11 is 12.2. The van der Waals surface area contributed by atoms with Gasteiger partial charge in [0.15, 0.2) is 0 Å². The first-order valence-corrected chi connectivity index (χ1v) is 10.3. The lowest BCUT2D eigenvalue weighted by Gasteiger charge is -2.23. The van der Waals surface area contributed by atoms with Gasteiger partial charge in [0.1, 0.15) is 0 Å². The Hall–Kier alpha value is -2.82. The molecule has 3 rings (SSSR count). The third kappa shape index (κ3) is 5.85. The van der Waals surface area contributed by atoms with E-state index in [-0.39, 0.29) is 18.2 Å². The number of hydrogen-bond acceptors (Lipinski definition) is 2. The van der Waals surface area contributed by atoms with Crippen LogP contribution in [0.5, 0.6) is 0 Å². The van der Waals surface area contributed by atoms with Crippen LogP contribution >= 0.6 is 23.2 Å². The Labute approximate surface area is 186 Å². The highest BCUT2D eigenvalue weighted by Gasteiger charge is 2.22. The second-order valence-corrected chi connectivity index (χ2v) is 7.84. The fourth-order valence-corrected chi connectivity index (χ4v) is 3.58. The van der Waals surface area contributed by atoms with Gasteiger partial charge in [-0.2, -0.15) is 0 Å². The summed E-state index contributed by atoms with van der Waals surface area (Å²) in [6, 6.07) is 23.2. The molecule has 0 aliphatic rings. The van der Waals surface area contributed by atoms with Gasteiger partial charge in [-0.25, -0.2) is 0 Å². The second-order valence-electron chi connectivity index (χ2n) is 7.00. The first-order chi connectivity index (χ1) is 14.4. The maximum absolute atomic E-state index is 12.9. The van der Waals surface area contributed by atoms with Gasteiger partial charge >= 0.3 is 0 Å². The molecule has 3 aromatic carbocycles. The summed E-state index contributed by atoms with van der Waals surface area (Å²) in [7, 11) is 1.74. The summed E-state index contributed by atoms with van der Waals surface area (Å²) in [5.41, 5.74) is 2.16. The number of carbonyl (C=O) groups is 2. The Morgan fingerprint density at radius 3 is 2.33 bits per heavy atom. The van der Waals surface area contributed by atoms with Crippen LogP contribution in [0.15, 0.2) is 78.9 Å². The molecule has 6 heteroatoms. The lowest BCUT2D eigenvalue weighted by atomic mass is 10.0. The summed E-state index contributed by atoms with van der Waals surface area (Å²) in [5, 5.41) is 3.95. The zero-order chi connectivity index (χ0) is 21.5. The Morgan fingerprint density at radius 1 is 0.933 bits per heavy atom. The van der Waals surface area contributed by atoms with Gasteiger partial charge < -0.3 is 10.2 Å². The van der Waals surface area contributed by atoms with Crippen molar-refractivity contribution in [3.8, 4) is 0 Å². The van der Waals surface area contributed by atoms with Crippen molar-refractivity contribution in [2.75, 3.05) is 7.05 Å². The van der Waals surface area contributed by atoms with E-state index >= 15 is 0 Å². The highest BCUT2D eigenvalue weighted by Crippen LogP contribution is 2.21. The number of rotatable bonds is 7. The number of amides is 2. The summed E-state index contributed by atoms with van der Waals surface area (Å²) in [6.07, 6.45) is 0.122. The van der Waals surface area contributed by atoms with Crippen LogP contribution in [0.4, 0.5) is 0 Å². The number of halogens is 2. The summed E-state index contributed by atoms with van der Waals surface area (Å²) in [4.78, 5) is 27.3. The molecule has 1 N–H and O–H groups in total. The minimum Gasteiger partial charge on any atom is -0.345 e. The first kappa shape index (κ1) is 21.9. The lowest BCUT2D eigenvalue weighted by molar-refractivity contribution is -0.130. The van der Waals surface area contributed by atoms with Crippen molar-refractivity contribution in [1.82, 2.24) is 10.2 Å². The maximum atomic E-state index is 12.9. The molecule has 0 radical (unpaired) electrons. The fraction of sp³-hybridized carbons (Fsp3) is 0.167. The molecule has 0 bridgehead atoms. The second kappa shape index (κ2) is 10.3. The quantitative estimate of drug-likeness (QED) is 0.526. The Bertz CT molecular complexity index is 1020. The number of carbonyl (C=O) groups excluding carboxylic acids is 2. The molecule has 0 fully saturated rings. The molecular weight excluding hydrogens is 419 g/mol. The molecule has 0 aromatic heterocycles. The van der Waals surface area contributed by atoms with Gasteiger partial charge in [-0.05, 0) is 35.4 Å². The van der Waals surface area contributed by atoms with Gasteiger partial charge in [-0.1, -0.05) is 77.8 Å². The van der Waals surface area contributed by atoms with Crippen molar-refractivity contribution in [2.45, 2.75) is 19.0 Å². The molecular formula is C24H22Cl2N2O2. The van der Waals surface area contributed by atoms with Gasteiger partial charge in [-0.3, -0.25) is 9.59 Å². The normalized spacial score (nSPS) is 11.6. The van der Waals surface area contributed by atoms with E-state index in [4.69, 9.17) is 23.2 Å². The van der Waals surface area contributed by atoms with Crippen LogP contribution in [0.25, 0.3) is 0 Å². The molecule has 1 unspecified atom stereocenters. The SMILES string of the molecule is CN(Cc1cccc(Cl)c1)C(=O)CC(NC(=O)c1ccccc1Cl)c1ccccc1. The summed E-state index contributed by atoms with van der Waals surface area (Å²) < 4.78 is 0. The molecule has 0 aliphatic heterocycles. The third-order valence-electron chi connectivity index (χ3n) is 4.74. The Morgan fingerprint density at radius 2 is 1.63 bits per heavy atom. The molecule has 1 atom stereocenters. The van der Waals surface area contributed by atoms with Crippen LogP contribution in [0, 0.1) is 0 Å². The Balaban J connectivity index is 1.75. The van der Waals surface area contributed by atoms with E-state index in [2.05, 4.69) is 5.32 Å². The van der Waals surface area contributed by atoms with E-state index < -0.39 is 6.04 Å². The van der Waals surface area contributed by atoms with E-state index in [1.165, 1.54) is 0 Å². The molecule has 0 saturated carbocycles. The average Bonchev–Trinajstić information content (AvgIpc) is 2.74. The van der Waals surface area contributed by atoms with E-state index in [9.17, 15) is 9.59 Å². The van der Waals surface area contributed by atoms with Crippen molar-refractivity contribution in [1.29, 1.82) is 0 Å². The smallest absolute Gasteiger partial charge is 0.253 e. The van der Waals surface area contributed by atoms with E-state index in [1.807, 2.05) is 48.5 Å². The number of nitrogens with one attached hydrogen (secondary N) is 1. The molecule has 154 valence electrons. The van der Waals surface area contributed by atoms with Crippen LogP contribution in [0.3, 0.4) is 0 Å². The largest absolute Gasteiger partial charge is 0.345 e.